The van der Waals surface area contributed by atoms with Crippen molar-refractivity contribution in [2.24, 2.45) is 0 Å². The Morgan fingerprint density at radius 2 is 1.32 bits per heavy atom. The van der Waals surface area contributed by atoms with Crippen molar-refractivity contribution in [3.63, 3.8) is 0 Å². The van der Waals surface area contributed by atoms with Crippen LogP contribution in [0.3, 0.4) is 0 Å². The molecule has 25 heavy (non-hydrogen) atoms. The zero-order valence-electron chi connectivity index (χ0n) is 13.2. The van der Waals surface area contributed by atoms with Gasteiger partial charge in [-0.25, -0.2) is 0 Å². The van der Waals surface area contributed by atoms with Crippen LogP contribution in [0.2, 0.25) is 5.02 Å². The number of hydrogen-bond acceptors (Lipinski definition) is 2. The van der Waals surface area contributed by atoms with Gasteiger partial charge in [0.2, 0.25) is 0 Å². The molecule has 0 radical (unpaired) electrons. The van der Waals surface area contributed by atoms with Gasteiger partial charge in [-0.2, -0.15) is 0 Å². The molecule has 2 N–H and O–H groups in total. The predicted octanol–water partition coefficient (Wildman–Crippen LogP) is 4.84. The Bertz CT molecular complexity index is 910. The second kappa shape index (κ2) is 7.64. The van der Waals surface area contributed by atoms with E-state index in [9.17, 15) is 9.59 Å². The van der Waals surface area contributed by atoms with E-state index in [-0.39, 0.29) is 11.8 Å². The standard InChI is InChI=1S/C20H15ClN2O2/c21-17-11-4-5-12-18(17)23-20(25)15-9-6-10-16(13-15)22-19(24)14-7-2-1-3-8-14/h1-13H,(H,22,24)(H,23,25). The summed E-state index contributed by atoms with van der Waals surface area (Å²) in [5.41, 5.74) is 2.05. The maximum atomic E-state index is 12.4. The molecule has 0 aliphatic rings. The van der Waals surface area contributed by atoms with E-state index in [0.717, 1.165) is 0 Å². The summed E-state index contributed by atoms with van der Waals surface area (Å²) in [6.07, 6.45) is 0. The topological polar surface area (TPSA) is 58.2 Å². The van der Waals surface area contributed by atoms with Gasteiger partial charge in [0.15, 0.2) is 0 Å². The van der Waals surface area contributed by atoms with Crippen LogP contribution in [0.5, 0.6) is 0 Å². The van der Waals surface area contributed by atoms with Gasteiger partial charge in [0.25, 0.3) is 11.8 Å². The van der Waals surface area contributed by atoms with Crippen LogP contribution in [-0.4, -0.2) is 11.8 Å². The highest BCUT2D eigenvalue weighted by Crippen LogP contribution is 2.21. The van der Waals surface area contributed by atoms with Crippen LogP contribution in [0.25, 0.3) is 0 Å². The van der Waals surface area contributed by atoms with Crippen molar-refractivity contribution in [1.29, 1.82) is 0 Å². The van der Waals surface area contributed by atoms with E-state index in [4.69, 9.17) is 11.6 Å². The number of benzene rings is 3. The van der Waals surface area contributed by atoms with Gasteiger partial charge < -0.3 is 10.6 Å². The molecule has 0 saturated heterocycles. The van der Waals surface area contributed by atoms with Crippen LogP contribution < -0.4 is 10.6 Å². The SMILES string of the molecule is O=C(Nc1cccc(C(=O)Nc2ccccc2Cl)c1)c1ccccc1. The minimum atomic E-state index is -0.302. The molecule has 0 fully saturated rings. The molecule has 3 rings (SSSR count). The van der Waals surface area contributed by atoms with E-state index in [1.807, 2.05) is 6.07 Å². The third kappa shape index (κ3) is 4.25. The van der Waals surface area contributed by atoms with Crippen molar-refractivity contribution in [2.75, 3.05) is 10.6 Å². The molecular weight excluding hydrogens is 336 g/mol. The first kappa shape index (κ1) is 16.7. The molecule has 124 valence electrons. The Morgan fingerprint density at radius 3 is 2.08 bits per heavy atom. The zero-order chi connectivity index (χ0) is 17.6. The van der Waals surface area contributed by atoms with E-state index < -0.39 is 0 Å². The van der Waals surface area contributed by atoms with E-state index in [2.05, 4.69) is 10.6 Å². The van der Waals surface area contributed by atoms with Gasteiger partial charge in [0.05, 0.1) is 10.7 Å². The van der Waals surface area contributed by atoms with E-state index in [1.54, 1.807) is 72.8 Å². The highest BCUT2D eigenvalue weighted by atomic mass is 35.5. The minimum Gasteiger partial charge on any atom is -0.322 e. The molecular formula is C20H15ClN2O2. The molecule has 2 amide bonds. The summed E-state index contributed by atoms with van der Waals surface area (Å²) in [5, 5.41) is 6.00. The van der Waals surface area contributed by atoms with Gasteiger partial charge in [0, 0.05) is 16.8 Å². The highest BCUT2D eigenvalue weighted by Gasteiger charge is 2.10. The quantitative estimate of drug-likeness (QED) is 0.707. The Kier molecular flexibility index (Phi) is 5.11. The van der Waals surface area contributed by atoms with Gasteiger partial charge in [-0.3, -0.25) is 9.59 Å². The van der Waals surface area contributed by atoms with Crippen LogP contribution in [0, 0.1) is 0 Å². The second-order valence-electron chi connectivity index (χ2n) is 5.33. The molecule has 0 aliphatic heterocycles. The first-order chi connectivity index (χ1) is 12.1. The minimum absolute atomic E-state index is 0.232. The zero-order valence-corrected chi connectivity index (χ0v) is 14.0. The van der Waals surface area contributed by atoms with Crippen molar-refractivity contribution >= 4 is 34.8 Å². The number of carbonyl (C=O) groups is 2. The Hall–Kier alpha value is -3.11. The van der Waals surface area contributed by atoms with Crippen LogP contribution in [0.1, 0.15) is 20.7 Å². The number of rotatable bonds is 4. The first-order valence-corrected chi connectivity index (χ1v) is 8.03. The summed E-state index contributed by atoms with van der Waals surface area (Å²) in [6.45, 7) is 0. The fraction of sp³-hybridized carbons (Fsp3) is 0. The number of amides is 2. The fourth-order valence-corrected chi connectivity index (χ4v) is 2.47. The Morgan fingerprint density at radius 1 is 0.680 bits per heavy atom. The molecule has 0 bridgehead atoms. The molecule has 0 spiro atoms. The van der Waals surface area contributed by atoms with Crippen molar-refractivity contribution in [1.82, 2.24) is 0 Å². The maximum Gasteiger partial charge on any atom is 0.255 e. The molecule has 0 unspecified atom stereocenters. The number of carbonyl (C=O) groups excluding carboxylic acids is 2. The van der Waals surface area contributed by atoms with Crippen LogP contribution in [0.4, 0.5) is 11.4 Å². The Labute approximate surface area is 150 Å². The molecule has 0 aliphatic carbocycles. The van der Waals surface area contributed by atoms with Crippen molar-refractivity contribution < 1.29 is 9.59 Å². The van der Waals surface area contributed by atoms with Gasteiger partial charge in [-0.15, -0.1) is 0 Å². The summed E-state index contributed by atoms with van der Waals surface area (Å²) in [7, 11) is 0. The third-order valence-corrected chi connectivity index (χ3v) is 3.87. The molecule has 0 atom stereocenters. The van der Waals surface area contributed by atoms with E-state index in [1.165, 1.54) is 0 Å². The van der Waals surface area contributed by atoms with Crippen LogP contribution in [-0.2, 0) is 0 Å². The number of hydrogen-bond donors (Lipinski definition) is 2. The van der Waals surface area contributed by atoms with E-state index in [0.29, 0.717) is 27.5 Å². The smallest absolute Gasteiger partial charge is 0.255 e. The highest BCUT2D eigenvalue weighted by molar-refractivity contribution is 6.33. The van der Waals surface area contributed by atoms with Gasteiger partial charge in [0.1, 0.15) is 0 Å². The number of halogens is 1. The van der Waals surface area contributed by atoms with Crippen molar-refractivity contribution in [3.8, 4) is 0 Å². The van der Waals surface area contributed by atoms with Crippen LogP contribution >= 0.6 is 11.6 Å². The monoisotopic (exact) mass is 350 g/mol. The second-order valence-corrected chi connectivity index (χ2v) is 5.74. The normalized spacial score (nSPS) is 10.1. The van der Waals surface area contributed by atoms with Crippen molar-refractivity contribution in [3.05, 3.63) is 95.0 Å². The average Bonchev–Trinajstić information content (AvgIpc) is 2.64. The lowest BCUT2D eigenvalue weighted by Gasteiger charge is -2.09. The van der Waals surface area contributed by atoms with Gasteiger partial charge in [-0.05, 0) is 42.5 Å². The van der Waals surface area contributed by atoms with Crippen molar-refractivity contribution in [2.45, 2.75) is 0 Å². The molecule has 0 aromatic heterocycles. The van der Waals surface area contributed by atoms with Crippen LogP contribution in [0.15, 0.2) is 78.9 Å². The molecule has 0 saturated carbocycles. The number of anilines is 2. The molecule has 5 heteroatoms. The fourth-order valence-electron chi connectivity index (χ4n) is 2.29. The summed E-state index contributed by atoms with van der Waals surface area (Å²) < 4.78 is 0. The largest absolute Gasteiger partial charge is 0.322 e. The average molecular weight is 351 g/mol. The van der Waals surface area contributed by atoms with Gasteiger partial charge in [-0.1, -0.05) is 48.0 Å². The number of nitrogens with one attached hydrogen (secondary N) is 2. The number of para-hydroxylation sites is 1. The molecule has 3 aromatic rings. The summed E-state index contributed by atoms with van der Waals surface area (Å²) in [5.74, 6) is -0.534. The lowest BCUT2D eigenvalue weighted by atomic mass is 10.1. The summed E-state index contributed by atoms with van der Waals surface area (Å²) in [6, 6.07) is 22.6. The molecule has 0 heterocycles. The molecule has 3 aromatic carbocycles. The van der Waals surface area contributed by atoms with Gasteiger partial charge >= 0.3 is 0 Å². The molecule has 4 nitrogen and oxygen atoms in total. The Balaban J connectivity index is 1.74. The third-order valence-electron chi connectivity index (χ3n) is 3.54. The first-order valence-electron chi connectivity index (χ1n) is 7.66. The maximum absolute atomic E-state index is 12.4. The lowest BCUT2D eigenvalue weighted by molar-refractivity contribution is 0.101. The predicted molar refractivity (Wildman–Crippen MR) is 100 cm³/mol. The summed E-state index contributed by atoms with van der Waals surface area (Å²) in [4.78, 5) is 24.6. The summed E-state index contributed by atoms with van der Waals surface area (Å²) >= 11 is 6.05. The van der Waals surface area contributed by atoms with E-state index >= 15 is 0 Å². The lowest BCUT2D eigenvalue weighted by Crippen LogP contribution is -2.14.